The van der Waals surface area contributed by atoms with Gasteiger partial charge in [0.15, 0.2) is 0 Å². The number of piperidine rings is 1. The maximum atomic E-state index is 9.47. The summed E-state index contributed by atoms with van der Waals surface area (Å²) in [6, 6.07) is 0. The van der Waals surface area contributed by atoms with Crippen molar-refractivity contribution in [3.63, 3.8) is 0 Å². The molecule has 0 spiro atoms. The zero-order valence-electron chi connectivity index (χ0n) is 9.21. The van der Waals surface area contributed by atoms with Gasteiger partial charge in [-0.3, -0.25) is 0 Å². The van der Waals surface area contributed by atoms with Crippen molar-refractivity contribution in [2.45, 2.75) is 46.1 Å². The van der Waals surface area contributed by atoms with Crippen LogP contribution in [0, 0.1) is 5.41 Å². The predicted molar refractivity (Wildman–Crippen MR) is 55.8 cm³/mol. The summed E-state index contributed by atoms with van der Waals surface area (Å²) in [6.45, 7) is 10.0. The van der Waals surface area contributed by atoms with Crippen LogP contribution >= 0.6 is 0 Å². The molecule has 1 rings (SSSR count). The lowest BCUT2D eigenvalue weighted by atomic mass is 9.92. The molecule has 1 N–H and O–H groups in total. The first-order chi connectivity index (χ1) is 5.97. The SMILES string of the molecule is CC(C)(C)CCN1CCC[C@H](O)C1. The molecule has 0 aliphatic carbocycles. The summed E-state index contributed by atoms with van der Waals surface area (Å²) in [6.07, 6.45) is 3.30. The van der Waals surface area contributed by atoms with E-state index in [4.69, 9.17) is 0 Å². The third-order valence-electron chi connectivity index (χ3n) is 2.66. The zero-order chi connectivity index (χ0) is 9.90. The molecule has 1 atom stereocenters. The van der Waals surface area contributed by atoms with Crippen molar-refractivity contribution < 1.29 is 5.11 Å². The summed E-state index contributed by atoms with van der Waals surface area (Å²) in [4.78, 5) is 2.39. The van der Waals surface area contributed by atoms with Gasteiger partial charge in [0.05, 0.1) is 6.10 Å². The van der Waals surface area contributed by atoms with Crippen molar-refractivity contribution >= 4 is 0 Å². The molecule has 2 heteroatoms. The summed E-state index contributed by atoms with van der Waals surface area (Å²) in [5.41, 5.74) is 0.419. The van der Waals surface area contributed by atoms with E-state index in [1.54, 1.807) is 0 Å². The van der Waals surface area contributed by atoms with Gasteiger partial charge >= 0.3 is 0 Å². The molecule has 2 nitrogen and oxygen atoms in total. The standard InChI is InChI=1S/C11H23NO/c1-11(2,3)6-8-12-7-4-5-10(13)9-12/h10,13H,4-9H2,1-3H3/t10-/m0/s1. The van der Waals surface area contributed by atoms with Gasteiger partial charge in [0, 0.05) is 6.54 Å². The molecule has 1 aliphatic rings. The molecule has 0 bridgehead atoms. The first-order valence-electron chi connectivity index (χ1n) is 5.38. The van der Waals surface area contributed by atoms with Crippen LogP contribution in [0.4, 0.5) is 0 Å². The van der Waals surface area contributed by atoms with Gasteiger partial charge in [-0.1, -0.05) is 20.8 Å². The minimum Gasteiger partial charge on any atom is -0.392 e. The maximum Gasteiger partial charge on any atom is 0.0667 e. The molecule has 1 aliphatic heterocycles. The third kappa shape index (κ3) is 4.63. The Morgan fingerprint density at radius 2 is 2.08 bits per heavy atom. The monoisotopic (exact) mass is 185 g/mol. The lowest BCUT2D eigenvalue weighted by Gasteiger charge is -2.32. The molecule has 0 aromatic heterocycles. The van der Waals surface area contributed by atoms with Gasteiger partial charge in [-0.2, -0.15) is 0 Å². The van der Waals surface area contributed by atoms with Crippen LogP contribution in [-0.2, 0) is 0 Å². The smallest absolute Gasteiger partial charge is 0.0667 e. The fourth-order valence-corrected chi connectivity index (χ4v) is 1.73. The van der Waals surface area contributed by atoms with Gasteiger partial charge in [0.2, 0.25) is 0 Å². The second-order valence-electron chi connectivity index (χ2n) is 5.41. The minimum absolute atomic E-state index is 0.0753. The van der Waals surface area contributed by atoms with Crippen molar-refractivity contribution in [3.05, 3.63) is 0 Å². The number of aliphatic hydroxyl groups is 1. The number of nitrogens with zero attached hydrogens (tertiary/aromatic N) is 1. The second kappa shape index (κ2) is 4.43. The van der Waals surface area contributed by atoms with E-state index in [2.05, 4.69) is 25.7 Å². The van der Waals surface area contributed by atoms with E-state index < -0.39 is 0 Å². The first-order valence-corrected chi connectivity index (χ1v) is 5.38. The summed E-state index contributed by atoms with van der Waals surface area (Å²) < 4.78 is 0. The van der Waals surface area contributed by atoms with E-state index in [1.807, 2.05) is 0 Å². The quantitative estimate of drug-likeness (QED) is 0.710. The Hall–Kier alpha value is -0.0800. The molecule has 0 aromatic rings. The van der Waals surface area contributed by atoms with Crippen LogP contribution < -0.4 is 0 Å². The maximum absolute atomic E-state index is 9.47. The van der Waals surface area contributed by atoms with Crippen LogP contribution in [0.1, 0.15) is 40.0 Å². The van der Waals surface area contributed by atoms with Crippen molar-refractivity contribution in [3.8, 4) is 0 Å². The molecule has 0 aromatic carbocycles. The molecule has 1 heterocycles. The van der Waals surface area contributed by atoms with Crippen LogP contribution in [0.15, 0.2) is 0 Å². The highest BCUT2D eigenvalue weighted by molar-refractivity contribution is 4.73. The summed E-state index contributed by atoms with van der Waals surface area (Å²) in [5.74, 6) is 0. The molecule has 78 valence electrons. The molecule has 1 fully saturated rings. The van der Waals surface area contributed by atoms with Crippen LogP contribution in [0.5, 0.6) is 0 Å². The second-order valence-corrected chi connectivity index (χ2v) is 5.41. The number of hydrogen-bond acceptors (Lipinski definition) is 2. The fourth-order valence-electron chi connectivity index (χ4n) is 1.73. The average Bonchev–Trinajstić information content (AvgIpc) is 2.00. The Balaban J connectivity index is 2.21. The van der Waals surface area contributed by atoms with E-state index in [1.165, 1.54) is 13.0 Å². The fraction of sp³-hybridized carbons (Fsp3) is 1.00. The Morgan fingerprint density at radius 1 is 1.38 bits per heavy atom. The summed E-state index contributed by atoms with van der Waals surface area (Å²) >= 11 is 0. The highest BCUT2D eigenvalue weighted by atomic mass is 16.3. The van der Waals surface area contributed by atoms with Crippen molar-refractivity contribution in [2.24, 2.45) is 5.41 Å². The Bertz CT molecular complexity index is 151. The number of hydrogen-bond donors (Lipinski definition) is 1. The molecule has 0 unspecified atom stereocenters. The molecule has 0 radical (unpaired) electrons. The zero-order valence-corrected chi connectivity index (χ0v) is 9.21. The van der Waals surface area contributed by atoms with E-state index in [0.717, 1.165) is 25.9 Å². The van der Waals surface area contributed by atoms with E-state index in [-0.39, 0.29) is 6.10 Å². The molecule has 13 heavy (non-hydrogen) atoms. The Kier molecular flexibility index (Phi) is 3.74. The lowest BCUT2D eigenvalue weighted by molar-refractivity contribution is 0.0649. The van der Waals surface area contributed by atoms with Crippen molar-refractivity contribution in [1.29, 1.82) is 0 Å². The Morgan fingerprint density at radius 3 is 2.62 bits per heavy atom. The average molecular weight is 185 g/mol. The number of likely N-dealkylation sites (tertiary alicyclic amines) is 1. The topological polar surface area (TPSA) is 23.5 Å². The van der Waals surface area contributed by atoms with Gasteiger partial charge in [-0.25, -0.2) is 0 Å². The van der Waals surface area contributed by atoms with E-state index in [0.29, 0.717) is 5.41 Å². The van der Waals surface area contributed by atoms with Crippen molar-refractivity contribution in [1.82, 2.24) is 4.90 Å². The molecule has 0 saturated carbocycles. The summed E-state index contributed by atoms with van der Waals surface area (Å²) in [7, 11) is 0. The van der Waals surface area contributed by atoms with Gasteiger partial charge in [-0.05, 0) is 37.8 Å². The van der Waals surface area contributed by atoms with E-state index in [9.17, 15) is 5.11 Å². The van der Waals surface area contributed by atoms with Crippen LogP contribution in [0.25, 0.3) is 0 Å². The van der Waals surface area contributed by atoms with Crippen molar-refractivity contribution in [2.75, 3.05) is 19.6 Å². The normalized spacial score (nSPS) is 26.3. The molecular weight excluding hydrogens is 162 g/mol. The van der Waals surface area contributed by atoms with Gasteiger partial charge in [0.1, 0.15) is 0 Å². The van der Waals surface area contributed by atoms with E-state index >= 15 is 0 Å². The van der Waals surface area contributed by atoms with Gasteiger partial charge < -0.3 is 10.0 Å². The lowest BCUT2D eigenvalue weighted by Crippen LogP contribution is -2.39. The highest BCUT2D eigenvalue weighted by Gasteiger charge is 2.19. The number of rotatable bonds is 2. The molecule has 0 amide bonds. The summed E-state index contributed by atoms with van der Waals surface area (Å²) in [5, 5.41) is 9.47. The Labute approximate surface area is 81.9 Å². The minimum atomic E-state index is -0.0753. The highest BCUT2D eigenvalue weighted by Crippen LogP contribution is 2.20. The van der Waals surface area contributed by atoms with Crippen LogP contribution in [0.3, 0.4) is 0 Å². The third-order valence-corrected chi connectivity index (χ3v) is 2.66. The van der Waals surface area contributed by atoms with Crippen LogP contribution in [-0.4, -0.2) is 35.7 Å². The van der Waals surface area contributed by atoms with Crippen LogP contribution in [0.2, 0.25) is 0 Å². The first kappa shape index (κ1) is 11.0. The largest absolute Gasteiger partial charge is 0.392 e. The van der Waals surface area contributed by atoms with Gasteiger partial charge in [0.25, 0.3) is 0 Å². The number of aliphatic hydroxyl groups excluding tert-OH is 1. The number of β-amino-alcohol motifs (C(OH)–C–C–N with tert-alkyl or cyclic N) is 1. The predicted octanol–water partition coefficient (Wildman–Crippen LogP) is 1.88. The van der Waals surface area contributed by atoms with Gasteiger partial charge in [-0.15, -0.1) is 0 Å². The molecular formula is C11H23NO. The molecule has 1 saturated heterocycles.